The van der Waals surface area contributed by atoms with E-state index in [1.54, 1.807) is 0 Å². The minimum absolute atomic E-state index is 0.229. The predicted molar refractivity (Wildman–Crippen MR) is 69.1 cm³/mol. The van der Waals surface area contributed by atoms with Crippen LogP contribution in [0.15, 0.2) is 28.9 Å². The number of nitrogens with two attached hydrogens (primary N) is 1. The molecule has 0 fully saturated rings. The van der Waals surface area contributed by atoms with Crippen molar-refractivity contribution < 1.29 is 4.52 Å². The fourth-order valence-electron chi connectivity index (χ4n) is 1.91. The molecule has 0 atom stereocenters. The minimum Gasteiger partial charge on any atom is -0.350 e. The van der Waals surface area contributed by atoms with Gasteiger partial charge in [-0.25, -0.2) is 0 Å². The van der Waals surface area contributed by atoms with Gasteiger partial charge in [0.05, 0.1) is 11.6 Å². The molecule has 2 N–H and O–H groups in total. The lowest BCUT2D eigenvalue weighted by Gasteiger charge is -2.01. The van der Waals surface area contributed by atoms with Crippen LogP contribution in [0.5, 0.6) is 0 Å². The molecule has 5 nitrogen and oxygen atoms in total. The highest BCUT2D eigenvalue weighted by Gasteiger charge is 2.11. The van der Waals surface area contributed by atoms with Crippen LogP contribution >= 0.6 is 11.6 Å². The Morgan fingerprint density at radius 2 is 2.28 bits per heavy atom. The summed E-state index contributed by atoms with van der Waals surface area (Å²) in [5.41, 5.74) is 7.28. The summed E-state index contributed by atoms with van der Waals surface area (Å²) < 4.78 is 6.99. The van der Waals surface area contributed by atoms with E-state index in [0.717, 1.165) is 16.5 Å². The molecule has 0 saturated heterocycles. The van der Waals surface area contributed by atoms with Gasteiger partial charge in [0.2, 0.25) is 11.7 Å². The molecule has 0 aliphatic heterocycles. The van der Waals surface area contributed by atoms with Crippen LogP contribution in [0.3, 0.4) is 0 Å². The third-order valence-corrected chi connectivity index (χ3v) is 3.17. The smallest absolute Gasteiger partial charge is 0.240 e. The Morgan fingerprint density at radius 1 is 1.44 bits per heavy atom. The van der Waals surface area contributed by atoms with E-state index in [1.165, 1.54) is 0 Å². The monoisotopic (exact) mass is 262 g/mol. The summed E-state index contributed by atoms with van der Waals surface area (Å²) >= 11 is 6.24. The summed E-state index contributed by atoms with van der Waals surface area (Å²) in [6.07, 6.45) is 1.96. The van der Waals surface area contributed by atoms with Crippen molar-refractivity contribution in [1.29, 1.82) is 0 Å². The van der Waals surface area contributed by atoms with Crippen LogP contribution in [-0.2, 0) is 13.6 Å². The van der Waals surface area contributed by atoms with Gasteiger partial charge in [0.15, 0.2) is 0 Å². The Labute approximate surface area is 108 Å². The van der Waals surface area contributed by atoms with Crippen molar-refractivity contribution in [2.45, 2.75) is 6.54 Å². The number of halogens is 1. The van der Waals surface area contributed by atoms with E-state index < -0.39 is 0 Å². The summed E-state index contributed by atoms with van der Waals surface area (Å²) in [5.74, 6) is 0.911. The topological polar surface area (TPSA) is 69.9 Å². The van der Waals surface area contributed by atoms with E-state index in [0.29, 0.717) is 16.7 Å². The van der Waals surface area contributed by atoms with Crippen molar-refractivity contribution in [2.24, 2.45) is 12.8 Å². The number of benzene rings is 1. The molecule has 0 bridgehead atoms. The normalized spacial score (nSPS) is 11.3. The standard InChI is InChI=1S/C12H11ClN4O/c1-17-3-2-8-9(13)4-7(5-10(8)17)12-15-11(6-14)18-16-12/h2-5H,6,14H2,1H3. The van der Waals surface area contributed by atoms with Gasteiger partial charge in [-0.05, 0) is 18.2 Å². The van der Waals surface area contributed by atoms with Gasteiger partial charge in [-0.1, -0.05) is 16.8 Å². The molecule has 2 aromatic heterocycles. The number of rotatable bonds is 2. The lowest BCUT2D eigenvalue weighted by atomic mass is 10.1. The molecule has 2 heterocycles. The van der Waals surface area contributed by atoms with Gasteiger partial charge in [0, 0.05) is 29.7 Å². The SMILES string of the molecule is Cn1ccc2c(Cl)cc(-c3noc(CN)n3)cc21. The molecule has 18 heavy (non-hydrogen) atoms. The van der Waals surface area contributed by atoms with Crippen LogP contribution in [0, 0.1) is 0 Å². The quantitative estimate of drug-likeness (QED) is 0.770. The number of aromatic nitrogens is 3. The number of nitrogens with zero attached hydrogens (tertiary/aromatic N) is 3. The highest BCUT2D eigenvalue weighted by Crippen LogP contribution is 2.29. The second kappa shape index (κ2) is 4.12. The predicted octanol–water partition coefficient (Wildman–Crippen LogP) is 2.34. The van der Waals surface area contributed by atoms with Crippen molar-refractivity contribution in [2.75, 3.05) is 0 Å². The molecule has 6 heteroatoms. The summed E-state index contributed by atoms with van der Waals surface area (Å²) in [7, 11) is 1.96. The molecular formula is C12H11ClN4O. The Kier molecular flexibility index (Phi) is 2.57. The van der Waals surface area contributed by atoms with Crippen LogP contribution in [-0.4, -0.2) is 14.7 Å². The molecular weight excluding hydrogens is 252 g/mol. The average Bonchev–Trinajstić information content (AvgIpc) is 2.97. The van der Waals surface area contributed by atoms with Gasteiger partial charge in [-0.15, -0.1) is 0 Å². The maximum Gasteiger partial charge on any atom is 0.240 e. The maximum absolute atomic E-state index is 6.24. The van der Waals surface area contributed by atoms with E-state index in [1.807, 2.05) is 36.0 Å². The number of fused-ring (bicyclic) bond motifs is 1. The summed E-state index contributed by atoms with van der Waals surface area (Å²) in [4.78, 5) is 4.19. The van der Waals surface area contributed by atoms with Gasteiger partial charge in [-0.2, -0.15) is 4.98 Å². The molecule has 3 aromatic rings. The van der Waals surface area contributed by atoms with Crippen LogP contribution in [0.4, 0.5) is 0 Å². The van der Waals surface area contributed by atoms with Crippen LogP contribution in [0.2, 0.25) is 5.02 Å². The Bertz CT molecular complexity index is 716. The van der Waals surface area contributed by atoms with E-state index in [4.69, 9.17) is 21.9 Å². The highest BCUT2D eigenvalue weighted by atomic mass is 35.5. The second-order valence-electron chi connectivity index (χ2n) is 4.03. The van der Waals surface area contributed by atoms with Crippen LogP contribution in [0.1, 0.15) is 5.89 Å². The Morgan fingerprint density at radius 3 is 3.00 bits per heavy atom. The van der Waals surface area contributed by atoms with Gasteiger partial charge in [0.1, 0.15) is 0 Å². The first-order valence-corrected chi connectivity index (χ1v) is 5.84. The fourth-order valence-corrected chi connectivity index (χ4v) is 2.19. The van der Waals surface area contributed by atoms with E-state index in [-0.39, 0.29) is 6.54 Å². The number of hydrogen-bond donors (Lipinski definition) is 1. The molecule has 92 valence electrons. The number of aryl methyl sites for hydroxylation is 1. The van der Waals surface area contributed by atoms with Gasteiger partial charge in [-0.3, -0.25) is 0 Å². The molecule has 0 amide bonds. The molecule has 0 aliphatic carbocycles. The highest BCUT2D eigenvalue weighted by molar-refractivity contribution is 6.35. The van der Waals surface area contributed by atoms with E-state index in [9.17, 15) is 0 Å². The molecule has 0 saturated carbocycles. The maximum atomic E-state index is 6.24. The van der Waals surface area contributed by atoms with Crippen molar-refractivity contribution in [1.82, 2.24) is 14.7 Å². The van der Waals surface area contributed by atoms with Crippen molar-refractivity contribution in [3.05, 3.63) is 35.3 Å². The molecule has 0 spiro atoms. The third kappa shape index (κ3) is 1.68. The third-order valence-electron chi connectivity index (χ3n) is 2.85. The molecule has 0 radical (unpaired) electrons. The zero-order valence-electron chi connectivity index (χ0n) is 9.72. The molecule has 1 aromatic carbocycles. The summed E-state index contributed by atoms with van der Waals surface area (Å²) in [5, 5.41) is 5.56. The van der Waals surface area contributed by atoms with E-state index in [2.05, 4.69) is 10.1 Å². The van der Waals surface area contributed by atoms with Crippen LogP contribution in [0.25, 0.3) is 22.3 Å². The zero-order chi connectivity index (χ0) is 12.7. The molecule has 0 aliphatic rings. The Balaban J connectivity index is 2.20. The van der Waals surface area contributed by atoms with Gasteiger partial charge in [0.25, 0.3) is 0 Å². The second-order valence-corrected chi connectivity index (χ2v) is 4.44. The first-order valence-electron chi connectivity index (χ1n) is 5.46. The fraction of sp³-hybridized carbons (Fsp3) is 0.167. The molecule has 0 unspecified atom stereocenters. The van der Waals surface area contributed by atoms with Gasteiger partial charge >= 0.3 is 0 Å². The number of hydrogen-bond acceptors (Lipinski definition) is 4. The first-order chi connectivity index (χ1) is 8.69. The van der Waals surface area contributed by atoms with Crippen molar-refractivity contribution >= 4 is 22.5 Å². The zero-order valence-corrected chi connectivity index (χ0v) is 10.5. The average molecular weight is 263 g/mol. The van der Waals surface area contributed by atoms with Gasteiger partial charge < -0.3 is 14.8 Å². The summed E-state index contributed by atoms with van der Waals surface area (Å²) in [6.45, 7) is 0.229. The summed E-state index contributed by atoms with van der Waals surface area (Å²) in [6, 6.07) is 5.78. The largest absolute Gasteiger partial charge is 0.350 e. The first kappa shape index (κ1) is 11.3. The van der Waals surface area contributed by atoms with E-state index >= 15 is 0 Å². The lowest BCUT2D eigenvalue weighted by Crippen LogP contribution is -1.95. The Hall–Kier alpha value is -1.85. The van der Waals surface area contributed by atoms with Crippen molar-refractivity contribution in [3.63, 3.8) is 0 Å². The minimum atomic E-state index is 0.229. The lowest BCUT2D eigenvalue weighted by molar-refractivity contribution is 0.380. The molecule has 3 rings (SSSR count). The van der Waals surface area contributed by atoms with Crippen molar-refractivity contribution in [3.8, 4) is 11.4 Å². The van der Waals surface area contributed by atoms with Crippen LogP contribution < -0.4 is 5.73 Å².